The van der Waals surface area contributed by atoms with Crippen molar-refractivity contribution in [3.63, 3.8) is 0 Å². The molecule has 2 N–H and O–H groups in total. The number of aryl methyl sites for hydroxylation is 2. The minimum absolute atomic E-state index is 0.245. The molecule has 2 heterocycles. The van der Waals surface area contributed by atoms with Crippen molar-refractivity contribution in [1.29, 1.82) is 0 Å². The van der Waals surface area contributed by atoms with E-state index in [1.165, 1.54) is 0 Å². The first-order chi connectivity index (χ1) is 13.9. The Labute approximate surface area is 173 Å². The summed E-state index contributed by atoms with van der Waals surface area (Å²) in [4.78, 5) is 28.7. The highest BCUT2D eigenvalue weighted by atomic mass is 35.5. The molecular weight excluding hydrogens is 386 g/mol. The molecule has 0 saturated heterocycles. The van der Waals surface area contributed by atoms with Crippen molar-refractivity contribution in [2.24, 2.45) is 0 Å². The molecule has 2 amide bonds. The zero-order valence-electron chi connectivity index (χ0n) is 15.9. The lowest BCUT2D eigenvalue weighted by Gasteiger charge is -2.44. The minimum atomic E-state index is -1.42. The first-order valence-electron chi connectivity index (χ1n) is 9.33. The number of nitrogens with zero attached hydrogens (tertiary/aromatic N) is 1. The van der Waals surface area contributed by atoms with Crippen LogP contribution >= 0.6 is 11.6 Å². The van der Waals surface area contributed by atoms with Crippen LogP contribution < -0.4 is 15.5 Å². The van der Waals surface area contributed by atoms with Gasteiger partial charge in [-0.3, -0.25) is 14.5 Å². The highest BCUT2D eigenvalue weighted by Gasteiger charge is 2.57. The molecule has 1 spiro atoms. The summed E-state index contributed by atoms with van der Waals surface area (Å²) >= 11 is 6.37. The molecule has 2 aliphatic rings. The van der Waals surface area contributed by atoms with Crippen LogP contribution in [0.1, 0.15) is 27.0 Å². The zero-order valence-corrected chi connectivity index (χ0v) is 16.7. The highest BCUT2D eigenvalue weighted by molar-refractivity contribution is 6.35. The fraction of sp³-hybridized carbons (Fsp3) is 0.130. The smallest absolute Gasteiger partial charge is 0.276 e. The standard InChI is InChI=1S/C23H18ClN3O2/c1-13-10-11-15(12-14(13)2)27-21(28)16-6-3-4-9-19(16)26-23(27)17-7-5-8-18(24)20(17)25-22(23)29/h3-12,26H,1-2H3,(H,25,29)/t23-/m1/s1. The van der Waals surface area contributed by atoms with Gasteiger partial charge in [0.05, 0.1) is 16.3 Å². The van der Waals surface area contributed by atoms with Crippen molar-refractivity contribution in [2.75, 3.05) is 15.5 Å². The van der Waals surface area contributed by atoms with Crippen LogP contribution in [0.25, 0.3) is 0 Å². The van der Waals surface area contributed by atoms with Gasteiger partial charge in [0.25, 0.3) is 11.8 Å². The van der Waals surface area contributed by atoms with Gasteiger partial charge in [-0.2, -0.15) is 0 Å². The second-order valence-electron chi connectivity index (χ2n) is 7.41. The summed E-state index contributed by atoms with van der Waals surface area (Å²) < 4.78 is 0. The normalized spacial score (nSPS) is 19.6. The summed E-state index contributed by atoms with van der Waals surface area (Å²) in [5, 5.41) is 6.66. The molecule has 0 aliphatic carbocycles. The van der Waals surface area contributed by atoms with Crippen LogP contribution in [-0.4, -0.2) is 11.8 Å². The minimum Gasteiger partial charge on any atom is -0.350 e. The van der Waals surface area contributed by atoms with Crippen molar-refractivity contribution in [3.05, 3.63) is 87.9 Å². The molecular formula is C23H18ClN3O2. The number of hydrogen-bond donors (Lipinski definition) is 2. The Morgan fingerprint density at radius 2 is 1.72 bits per heavy atom. The second kappa shape index (κ2) is 6.09. The van der Waals surface area contributed by atoms with Gasteiger partial charge in [-0.25, -0.2) is 0 Å². The number of carbonyl (C=O) groups is 2. The van der Waals surface area contributed by atoms with E-state index >= 15 is 0 Å². The van der Waals surface area contributed by atoms with Gasteiger partial charge in [-0.1, -0.05) is 41.9 Å². The first kappa shape index (κ1) is 17.8. The van der Waals surface area contributed by atoms with E-state index in [-0.39, 0.29) is 11.8 Å². The van der Waals surface area contributed by atoms with Crippen LogP contribution in [0.3, 0.4) is 0 Å². The van der Waals surface area contributed by atoms with Crippen LogP contribution in [0.5, 0.6) is 0 Å². The van der Waals surface area contributed by atoms with E-state index in [0.29, 0.717) is 33.2 Å². The summed E-state index contributed by atoms with van der Waals surface area (Å²) in [5.41, 5.74) is 3.63. The lowest BCUT2D eigenvalue weighted by Crippen LogP contribution is -2.61. The van der Waals surface area contributed by atoms with Gasteiger partial charge >= 0.3 is 0 Å². The van der Waals surface area contributed by atoms with Crippen molar-refractivity contribution in [2.45, 2.75) is 19.5 Å². The largest absolute Gasteiger partial charge is 0.350 e. The molecule has 2 aliphatic heterocycles. The Hall–Kier alpha value is -3.31. The number of rotatable bonds is 1. The number of halogens is 1. The second-order valence-corrected chi connectivity index (χ2v) is 7.81. The van der Waals surface area contributed by atoms with Crippen LogP contribution in [0.2, 0.25) is 5.02 Å². The van der Waals surface area contributed by atoms with Gasteiger partial charge in [0.2, 0.25) is 5.66 Å². The Kier molecular flexibility index (Phi) is 3.73. The number of fused-ring (bicyclic) bond motifs is 3. The molecule has 0 radical (unpaired) electrons. The number of nitrogens with one attached hydrogen (secondary N) is 2. The molecule has 144 valence electrons. The first-order valence-corrected chi connectivity index (χ1v) is 9.71. The maximum Gasteiger partial charge on any atom is 0.276 e. The SMILES string of the molecule is Cc1ccc(N2C(=O)c3ccccc3N[C@@]23C(=O)Nc2c(Cl)cccc23)cc1C. The average Bonchev–Trinajstić information content (AvgIpc) is 2.98. The molecule has 5 rings (SSSR count). The summed E-state index contributed by atoms with van der Waals surface area (Å²) in [7, 11) is 0. The van der Waals surface area contributed by atoms with Gasteiger partial charge in [0.15, 0.2) is 0 Å². The zero-order chi connectivity index (χ0) is 20.3. The predicted octanol–water partition coefficient (Wildman–Crippen LogP) is 4.83. The van der Waals surface area contributed by atoms with Crippen LogP contribution in [0.4, 0.5) is 17.1 Å². The number of benzene rings is 3. The van der Waals surface area contributed by atoms with Crippen molar-refractivity contribution in [1.82, 2.24) is 0 Å². The van der Waals surface area contributed by atoms with Crippen LogP contribution in [0, 0.1) is 13.8 Å². The topological polar surface area (TPSA) is 61.4 Å². The summed E-state index contributed by atoms with van der Waals surface area (Å²) in [5.74, 6) is -0.591. The van der Waals surface area contributed by atoms with Gasteiger partial charge in [-0.05, 0) is 55.3 Å². The number of carbonyl (C=O) groups excluding carboxylic acids is 2. The van der Waals surface area contributed by atoms with E-state index in [0.717, 1.165) is 11.1 Å². The fourth-order valence-corrected chi connectivity index (χ4v) is 4.32. The van der Waals surface area contributed by atoms with Crippen LogP contribution in [-0.2, 0) is 10.5 Å². The molecule has 6 heteroatoms. The molecule has 1 atom stereocenters. The summed E-state index contributed by atoms with van der Waals surface area (Å²) in [6.07, 6.45) is 0. The van der Waals surface area contributed by atoms with Crippen molar-refractivity contribution in [3.8, 4) is 0 Å². The van der Waals surface area contributed by atoms with Crippen molar-refractivity contribution < 1.29 is 9.59 Å². The molecule has 0 unspecified atom stereocenters. The Bertz CT molecular complexity index is 1210. The van der Waals surface area contributed by atoms with E-state index in [9.17, 15) is 9.59 Å². The third-order valence-corrected chi connectivity index (χ3v) is 6.05. The number of hydrogen-bond acceptors (Lipinski definition) is 3. The van der Waals surface area contributed by atoms with E-state index in [4.69, 9.17) is 11.6 Å². The molecule has 0 saturated carbocycles. The molecule has 0 bridgehead atoms. The van der Waals surface area contributed by atoms with Gasteiger partial charge < -0.3 is 10.6 Å². The maximum absolute atomic E-state index is 13.7. The number of para-hydroxylation sites is 2. The van der Waals surface area contributed by atoms with E-state index in [1.54, 1.807) is 23.1 Å². The van der Waals surface area contributed by atoms with E-state index < -0.39 is 5.66 Å². The number of anilines is 3. The summed E-state index contributed by atoms with van der Waals surface area (Å²) in [6.45, 7) is 4.00. The molecule has 5 nitrogen and oxygen atoms in total. The van der Waals surface area contributed by atoms with E-state index in [2.05, 4.69) is 10.6 Å². The lowest BCUT2D eigenvalue weighted by atomic mass is 9.92. The molecule has 0 aromatic heterocycles. The van der Waals surface area contributed by atoms with E-state index in [1.807, 2.05) is 56.3 Å². The lowest BCUT2D eigenvalue weighted by molar-refractivity contribution is -0.119. The van der Waals surface area contributed by atoms with Crippen molar-refractivity contribution >= 4 is 40.5 Å². The molecule has 3 aromatic rings. The number of amides is 2. The quantitative estimate of drug-likeness (QED) is 0.611. The molecule has 3 aromatic carbocycles. The predicted molar refractivity (Wildman–Crippen MR) is 115 cm³/mol. The molecule has 0 fully saturated rings. The van der Waals surface area contributed by atoms with Gasteiger partial charge in [0.1, 0.15) is 0 Å². The maximum atomic E-state index is 13.7. The fourth-order valence-electron chi connectivity index (χ4n) is 4.10. The summed E-state index contributed by atoms with van der Waals surface area (Å²) in [6, 6.07) is 18.3. The third kappa shape index (κ3) is 2.34. The van der Waals surface area contributed by atoms with Gasteiger partial charge in [-0.15, -0.1) is 0 Å². The van der Waals surface area contributed by atoms with Gasteiger partial charge in [0, 0.05) is 16.9 Å². The Morgan fingerprint density at radius 3 is 2.52 bits per heavy atom. The third-order valence-electron chi connectivity index (χ3n) is 5.73. The monoisotopic (exact) mass is 403 g/mol. The van der Waals surface area contributed by atoms with Crippen LogP contribution in [0.15, 0.2) is 60.7 Å². The Morgan fingerprint density at radius 1 is 0.931 bits per heavy atom. The molecule has 29 heavy (non-hydrogen) atoms. The Balaban J connectivity index is 1.83. The highest BCUT2D eigenvalue weighted by Crippen LogP contribution is 2.49. The average molecular weight is 404 g/mol.